The molecule has 4 heteroatoms. The summed E-state index contributed by atoms with van der Waals surface area (Å²) >= 11 is 5.24. The first-order valence-electron chi connectivity index (χ1n) is 6.43. The molecule has 0 saturated carbocycles. The molecule has 1 aliphatic carbocycles. The number of aliphatic hydroxyl groups excluding tert-OH is 1. The third kappa shape index (κ3) is 3.20. The van der Waals surface area contributed by atoms with Crippen molar-refractivity contribution in [2.45, 2.75) is 26.2 Å². The average molecular weight is 275 g/mol. The van der Waals surface area contributed by atoms with Gasteiger partial charge in [0.15, 0.2) is 5.78 Å². The van der Waals surface area contributed by atoms with Gasteiger partial charge in [-0.05, 0) is 18.1 Å². The summed E-state index contributed by atoms with van der Waals surface area (Å²) in [7, 11) is 0. The molecule has 2 rings (SSSR count). The lowest BCUT2D eigenvalue weighted by Crippen LogP contribution is -2.27. The van der Waals surface area contributed by atoms with E-state index in [1.807, 2.05) is 37.3 Å². The zero-order valence-corrected chi connectivity index (χ0v) is 11.7. The van der Waals surface area contributed by atoms with Gasteiger partial charge in [-0.1, -0.05) is 43.8 Å². The number of rotatable bonds is 3. The molecule has 0 fully saturated rings. The largest absolute Gasteiger partial charge is 0.511 e. The molecule has 1 aromatic carbocycles. The molecule has 0 radical (unpaired) electrons. The molecule has 2 N–H and O–H groups in total. The van der Waals surface area contributed by atoms with Crippen molar-refractivity contribution in [2.75, 3.05) is 5.32 Å². The Morgan fingerprint density at radius 3 is 2.63 bits per heavy atom. The van der Waals surface area contributed by atoms with Crippen LogP contribution in [0.4, 0.5) is 5.69 Å². The lowest BCUT2D eigenvalue weighted by atomic mass is 9.85. The summed E-state index contributed by atoms with van der Waals surface area (Å²) in [5.74, 6) is 0.288. The molecule has 0 saturated heterocycles. The lowest BCUT2D eigenvalue weighted by molar-refractivity contribution is -0.116. The van der Waals surface area contributed by atoms with Gasteiger partial charge in [0.2, 0.25) is 0 Å². The van der Waals surface area contributed by atoms with Crippen molar-refractivity contribution in [3.63, 3.8) is 0 Å². The number of thiocarbonyl (C=S) groups is 1. The predicted octanol–water partition coefficient (Wildman–Crippen LogP) is 3.63. The molecule has 0 heterocycles. The molecule has 19 heavy (non-hydrogen) atoms. The van der Waals surface area contributed by atoms with E-state index in [0.29, 0.717) is 17.8 Å². The monoisotopic (exact) mass is 275 g/mol. The first kappa shape index (κ1) is 13.7. The number of hydrogen-bond donors (Lipinski definition) is 2. The van der Waals surface area contributed by atoms with Gasteiger partial charge >= 0.3 is 0 Å². The molecule has 1 aliphatic rings. The van der Waals surface area contributed by atoms with Gasteiger partial charge in [0, 0.05) is 18.5 Å². The van der Waals surface area contributed by atoms with Crippen LogP contribution in [-0.2, 0) is 4.79 Å². The van der Waals surface area contributed by atoms with Gasteiger partial charge in [0.1, 0.15) is 10.7 Å². The Kier molecular flexibility index (Phi) is 4.32. The summed E-state index contributed by atoms with van der Waals surface area (Å²) in [6, 6.07) is 9.41. The molecule has 100 valence electrons. The van der Waals surface area contributed by atoms with Gasteiger partial charge in [-0.2, -0.15) is 0 Å². The molecule has 3 nitrogen and oxygen atoms in total. The van der Waals surface area contributed by atoms with E-state index in [-0.39, 0.29) is 23.0 Å². The van der Waals surface area contributed by atoms with Crippen LogP contribution in [0.25, 0.3) is 0 Å². The highest BCUT2D eigenvalue weighted by Gasteiger charge is 2.29. The number of nitrogens with one attached hydrogen (secondary N) is 1. The standard InChI is InChI=1S/C15H17NO2S/c1-2-10-8-12(17)14(13(18)9-10)15(19)16-11-6-4-3-5-7-11/h3-7,10,17H,2,8-9H2,1H3,(H,16,19). The number of aliphatic hydroxyl groups is 1. The SMILES string of the molecule is CCC1CC(=O)C(C(=S)Nc2ccccc2)=C(O)C1. The molecular formula is C15H17NO2S. The van der Waals surface area contributed by atoms with Gasteiger partial charge in [0.25, 0.3) is 0 Å². The Labute approximate surface area is 118 Å². The van der Waals surface area contributed by atoms with Crippen LogP contribution in [0.15, 0.2) is 41.7 Å². The maximum absolute atomic E-state index is 12.1. The van der Waals surface area contributed by atoms with E-state index in [4.69, 9.17) is 12.2 Å². The molecular weight excluding hydrogens is 258 g/mol. The zero-order chi connectivity index (χ0) is 13.8. The molecule has 0 aromatic heterocycles. The minimum atomic E-state index is -0.0657. The fourth-order valence-corrected chi connectivity index (χ4v) is 2.58. The molecule has 1 unspecified atom stereocenters. The van der Waals surface area contributed by atoms with Crippen molar-refractivity contribution in [2.24, 2.45) is 5.92 Å². The number of Topliss-reactive ketones (excluding diaryl/α,β-unsaturated/α-hetero) is 1. The lowest BCUT2D eigenvalue weighted by Gasteiger charge is -2.23. The first-order chi connectivity index (χ1) is 9.11. The van der Waals surface area contributed by atoms with E-state index in [2.05, 4.69) is 5.32 Å². The highest BCUT2D eigenvalue weighted by Crippen LogP contribution is 2.28. The third-order valence-electron chi connectivity index (χ3n) is 3.36. The number of para-hydroxylation sites is 1. The molecule has 1 aromatic rings. The van der Waals surface area contributed by atoms with Crippen molar-refractivity contribution in [1.29, 1.82) is 0 Å². The minimum Gasteiger partial charge on any atom is -0.511 e. The van der Waals surface area contributed by atoms with Gasteiger partial charge < -0.3 is 10.4 Å². The minimum absolute atomic E-state index is 0.0657. The van der Waals surface area contributed by atoms with Crippen molar-refractivity contribution in [3.8, 4) is 0 Å². The number of anilines is 1. The van der Waals surface area contributed by atoms with Crippen molar-refractivity contribution < 1.29 is 9.90 Å². The second kappa shape index (κ2) is 5.97. The van der Waals surface area contributed by atoms with Crippen LogP contribution >= 0.6 is 12.2 Å². The van der Waals surface area contributed by atoms with Crippen LogP contribution in [0.3, 0.4) is 0 Å². The van der Waals surface area contributed by atoms with Gasteiger partial charge in [-0.15, -0.1) is 0 Å². The number of benzene rings is 1. The fraction of sp³-hybridized carbons (Fsp3) is 0.333. The molecule has 0 amide bonds. The van der Waals surface area contributed by atoms with Gasteiger partial charge in [-0.3, -0.25) is 4.79 Å². The van der Waals surface area contributed by atoms with Gasteiger partial charge in [-0.25, -0.2) is 0 Å². The summed E-state index contributed by atoms with van der Waals surface area (Å²) in [5.41, 5.74) is 1.10. The Bertz CT molecular complexity index is 522. The molecule has 0 spiro atoms. The predicted molar refractivity (Wildman–Crippen MR) is 80.3 cm³/mol. The second-order valence-electron chi connectivity index (χ2n) is 4.75. The Balaban J connectivity index is 2.17. The van der Waals surface area contributed by atoms with Crippen LogP contribution in [0.2, 0.25) is 0 Å². The van der Waals surface area contributed by atoms with Crippen LogP contribution in [-0.4, -0.2) is 15.9 Å². The number of carbonyl (C=O) groups excluding carboxylic acids is 1. The maximum Gasteiger partial charge on any atom is 0.169 e. The molecule has 0 bridgehead atoms. The first-order valence-corrected chi connectivity index (χ1v) is 6.84. The van der Waals surface area contributed by atoms with Crippen LogP contribution in [0.5, 0.6) is 0 Å². The highest BCUT2D eigenvalue weighted by molar-refractivity contribution is 7.81. The normalized spacial score (nSPS) is 19.4. The topological polar surface area (TPSA) is 49.3 Å². The maximum atomic E-state index is 12.1. The Morgan fingerprint density at radius 1 is 1.37 bits per heavy atom. The fourth-order valence-electron chi connectivity index (χ4n) is 2.23. The van der Waals surface area contributed by atoms with E-state index in [9.17, 15) is 9.90 Å². The van der Waals surface area contributed by atoms with Crippen molar-refractivity contribution in [1.82, 2.24) is 0 Å². The number of carbonyl (C=O) groups is 1. The van der Waals surface area contributed by atoms with Crippen LogP contribution in [0.1, 0.15) is 26.2 Å². The molecule has 0 aliphatic heterocycles. The summed E-state index contributed by atoms with van der Waals surface area (Å²) in [4.78, 5) is 12.4. The summed E-state index contributed by atoms with van der Waals surface area (Å²) < 4.78 is 0. The third-order valence-corrected chi connectivity index (χ3v) is 3.67. The van der Waals surface area contributed by atoms with Crippen LogP contribution in [0, 0.1) is 5.92 Å². The van der Waals surface area contributed by atoms with E-state index < -0.39 is 0 Å². The number of allylic oxidation sites excluding steroid dienone is 1. The second-order valence-corrected chi connectivity index (χ2v) is 5.16. The average Bonchev–Trinajstić information content (AvgIpc) is 2.38. The van der Waals surface area contributed by atoms with E-state index in [0.717, 1.165) is 12.1 Å². The highest BCUT2D eigenvalue weighted by atomic mass is 32.1. The number of hydrogen-bond acceptors (Lipinski definition) is 3. The molecule has 1 atom stereocenters. The van der Waals surface area contributed by atoms with Crippen molar-refractivity contribution in [3.05, 3.63) is 41.7 Å². The number of ketones is 1. The summed E-state index contributed by atoms with van der Waals surface area (Å²) in [6.45, 7) is 2.02. The zero-order valence-electron chi connectivity index (χ0n) is 10.8. The smallest absolute Gasteiger partial charge is 0.169 e. The van der Waals surface area contributed by atoms with E-state index in [1.165, 1.54) is 0 Å². The Hall–Kier alpha value is -1.68. The Morgan fingerprint density at radius 2 is 2.05 bits per heavy atom. The van der Waals surface area contributed by atoms with Crippen molar-refractivity contribution >= 4 is 28.7 Å². The van der Waals surface area contributed by atoms with E-state index in [1.54, 1.807) is 0 Å². The van der Waals surface area contributed by atoms with Gasteiger partial charge in [0.05, 0.1) is 5.57 Å². The summed E-state index contributed by atoms with van der Waals surface area (Å²) in [5, 5.41) is 13.0. The quantitative estimate of drug-likeness (QED) is 0.827. The summed E-state index contributed by atoms with van der Waals surface area (Å²) in [6.07, 6.45) is 1.89. The van der Waals surface area contributed by atoms with E-state index >= 15 is 0 Å². The van der Waals surface area contributed by atoms with Crippen LogP contribution < -0.4 is 5.32 Å².